The lowest BCUT2D eigenvalue weighted by atomic mass is 9.79. The summed E-state index contributed by atoms with van der Waals surface area (Å²) in [5.74, 6) is 0.570. The monoisotopic (exact) mass is 295 g/mol. The second kappa shape index (κ2) is 6.60. The lowest BCUT2D eigenvalue weighted by Gasteiger charge is -2.30. The lowest BCUT2D eigenvalue weighted by molar-refractivity contribution is 0.248. The maximum atomic E-state index is 12.1. The first-order valence-corrected chi connectivity index (χ1v) is 7.80. The van der Waals surface area contributed by atoms with Gasteiger partial charge in [0.1, 0.15) is 5.82 Å². The van der Waals surface area contributed by atoms with E-state index in [1.807, 2.05) is 18.2 Å². The number of nitrogens with zero attached hydrogens (tertiary/aromatic N) is 1. The second-order valence-electron chi connectivity index (χ2n) is 5.88. The van der Waals surface area contributed by atoms with Crippen LogP contribution >= 0.6 is 0 Å². The van der Waals surface area contributed by atoms with Gasteiger partial charge in [0.2, 0.25) is 0 Å². The predicted octanol–water partition coefficient (Wildman–Crippen LogP) is 3.72. The Labute approximate surface area is 131 Å². The first-order chi connectivity index (χ1) is 10.8. The van der Waals surface area contributed by atoms with Gasteiger partial charge in [-0.3, -0.25) is 5.32 Å². The summed E-state index contributed by atoms with van der Waals surface area (Å²) >= 11 is 0. The molecule has 1 aromatic carbocycles. The van der Waals surface area contributed by atoms with Crippen LogP contribution in [0.5, 0.6) is 0 Å². The highest BCUT2D eigenvalue weighted by Crippen LogP contribution is 2.40. The maximum Gasteiger partial charge on any atom is 0.320 e. The van der Waals surface area contributed by atoms with Gasteiger partial charge in [-0.2, -0.15) is 0 Å². The number of urea groups is 1. The molecule has 1 aromatic heterocycles. The van der Waals surface area contributed by atoms with E-state index in [1.54, 1.807) is 12.3 Å². The fourth-order valence-electron chi connectivity index (χ4n) is 3.26. The molecule has 0 aliphatic heterocycles. The molecule has 4 heteroatoms. The average Bonchev–Trinajstić information content (AvgIpc) is 3.05. The summed E-state index contributed by atoms with van der Waals surface area (Å²) in [7, 11) is 0. The van der Waals surface area contributed by atoms with Crippen LogP contribution in [0.3, 0.4) is 0 Å². The van der Waals surface area contributed by atoms with E-state index in [1.165, 1.54) is 18.4 Å². The SMILES string of the molecule is O=C(NCC1(c2ccccc2)CCCC1)Nc1ccccn1. The molecule has 22 heavy (non-hydrogen) atoms. The summed E-state index contributed by atoms with van der Waals surface area (Å²) in [6, 6.07) is 15.8. The van der Waals surface area contributed by atoms with Gasteiger partial charge in [0.15, 0.2) is 0 Å². The summed E-state index contributed by atoms with van der Waals surface area (Å²) in [4.78, 5) is 16.2. The molecule has 1 fully saturated rings. The summed E-state index contributed by atoms with van der Waals surface area (Å²) in [5, 5.41) is 5.80. The minimum atomic E-state index is -0.194. The van der Waals surface area contributed by atoms with Crippen molar-refractivity contribution in [2.24, 2.45) is 0 Å². The normalized spacial score (nSPS) is 16.2. The van der Waals surface area contributed by atoms with Gasteiger partial charge in [0.25, 0.3) is 0 Å². The number of pyridine rings is 1. The molecule has 3 rings (SSSR count). The fourth-order valence-corrected chi connectivity index (χ4v) is 3.26. The van der Waals surface area contributed by atoms with Gasteiger partial charge in [0.05, 0.1) is 0 Å². The van der Waals surface area contributed by atoms with E-state index in [2.05, 4.69) is 39.9 Å². The molecule has 0 saturated heterocycles. The number of hydrogen-bond donors (Lipinski definition) is 2. The van der Waals surface area contributed by atoms with Crippen molar-refractivity contribution in [3.63, 3.8) is 0 Å². The fraction of sp³-hybridized carbons (Fsp3) is 0.333. The topological polar surface area (TPSA) is 54.0 Å². The van der Waals surface area contributed by atoms with E-state index in [9.17, 15) is 4.79 Å². The number of carbonyl (C=O) groups is 1. The molecule has 0 unspecified atom stereocenters. The van der Waals surface area contributed by atoms with Gasteiger partial charge in [-0.1, -0.05) is 49.2 Å². The van der Waals surface area contributed by atoms with Crippen LogP contribution in [0.15, 0.2) is 54.7 Å². The number of hydrogen-bond acceptors (Lipinski definition) is 2. The third-order valence-corrected chi connectivity index (χ3v) is 4.44. The van der Waals surface area contributed by atoms with Gasteiger partial charge in [-0.15, -0.1) is 0 Å². The van der Waals surface area contributed by atoms with Crippen molar-refractivity contribution < 1.29 is 4.79 Å². The van der Waals surface area contributed by atoms with Crippen LogP contribution in [0.1, 0.15) is 31.2 Å². The number of benzene rings is 1. The van der Waals surface area contributed by atoms with Gasteiger partial charge >= 0.3 is 6.03 Å². The molecule has 0 spiro atoms. The van der Waals surface area contributed by atoms with Gasteiger partial charge in [0, 0.05) is 18.2 Å². The second-order valence-corrected chi connectivity index (χ2v) is 5.88. The number of carbonyl (C=O) groups excluding carboxylic acids is 1. The van der Waals surface area contributed by atoms with Crippen molar-refractivity contribution in [3.8, 4) is 0 Å². The Morgan fingerprint density at radius 3 is 2.45 bits per heavy atom. The van der Waals surface area contributed by atoms with Crippen molar-refractivity contribution in [2.45, 2.75) is 31.1 Å². The Kier molecular flexibility index (Phi) is 4.37. The zero-order valence-electron chi connectivity index (χ0n) is 12.6. The number of amides is 2. The molecule has 0 atom stereocenters. The molecule has 0 radical (unpaired) electrons. The Morgan fingerprint density at radius 2 is 1.77 bits per heavy atom. The van der Waals surface area contributed by atoms with Crippen LogP contribution in [-0.2, 0) is 5.41 Å². The van der Waals surface area contributed by atoms with Gasteiger partial charge in [-0.05, 0) is 30.5 Å². The van der Waals surface area contributed by atoms with Crippen molar-refractivity contribution in [1.29, 1.82) is 0 Å². The van der Waals surface area contributed by atoms with Crippen LogP contribution in [0.25, 0.3) is 0 Å². The van der Waals surface area contributed by atoms with Crippen LogP contribution in [0.4, 0.5) is 10.6 Å². The first kappa shape index (κ1) is 14.6. The van der Waals surface area contributed by atoms with Crippen molar-refractivity contribution >= 4 is 11.8 Å². The van der Waals surface area contributed by atoms with Gasteiger partial charge < -0.3 is 5.32 Å². The summed E-state index contributed by atoms with van der Waals surface area (Å²) in [6.45, 7) is 0.662. The molecule has 1 aliphatic carbocycles. The van der Waals surface area contributed by atoms with E-state index in [-0.39, 0.29) is 11.4 Å². The zero-order valence-corrected chi connectivity index (χ0v) is 12.6. The lowest BCUT2D eigenvalue weighted by Crippen LogP contribution is -2.41. The molecule has 0 bridgehead atoms. The number of rotatable bonds is 4. The molecule has 1 saturated carbocycles. The molecule has 2 N–H and O–H groups in total. The summed E-state index contributed by atoms with van der Waals surface area (Å²) < 4.78 is 0. The van der Waals surface area contributed by atoms with Gasteiger partial charge in [-0.25, -0.2) is 9.78 Å². The Balaban J connectivity index is 1.64. The third kappa shape index (κ3) is 3.27. The molecule has 2 aromatic rings. The molecule has 114 valence electrons. The van der Waals surface area contributed by atoms with Crippen molar-refractivity contribution in [1.82, 2.24) is 10.3 Å². The molecule has 1 heterocycles. The Hall–Kier alpha value is -2.36. The van der Waals surface area contributed by atoms with Crippen LogP contribution in [0, 0.1) is 0 Å². The number of nitrogens with one attached hydrogen (secondary N) is 2. The van der Waals surface area contributed by atoms with E-state index >= 15 is 0 Å². The minimum Gasteiger partial charge on any atom is -0.337 e. The van der Waals surface area contributed by atoms with Crippen LogP contribution in [0.2, 0.25) is 0 Å². The first-order valence-electron chi connectivity index (χ1n) is 7.80. The van der Waals surface area contributed by atoms with E-state index in [0.717, 1.165) is 12.8 Å². The molecular weight excluding hydrogens is 274 g/mol. The van der Waals surface area contributed by atoms with Crippen LogP contribution in [-0.4, -0.2) is 17.6 Å². The molecule has 4 nitrogen and oxygen atoms in total. The Morgan fingerprint density at radius 1 is 1.05 bits per heavy atom. The summed E-state index contributed by atoms with van der Waals surface area (Å²) in [5.41, 5.74) is 1.40. The van der Waals surface area contributed by atoms with E-state index in [4.69, 9.17) is 0 Å². The third-order valence-electron chi connectivity index (χ3n) is 4.44. The smallest absolute Gasteiger partial charge is 0.320 e. The maximum absolute atomic E-state index is 12.1. The highest BCUT2D eigenvalue weighted by molar-refractivity contribution is 5.88. The summed E-state index contributed by atoms with van der Waals surface area (Å²) in [6.07, 6.45) is 6.36. The average molecular weight is 295 g/mol. The number of aromatic nitrogens is 1. The molecular formula is C18H21N3O. The molecule has 2 amide bonds. The zero-order chi connectivity index (χ0) is 15.3. The van der Waals surface area contributed by atoms with Crippen LogP contribution < -0.4 is 10.6 Å². The van der Waals surface area contributed by atoms with E-state index < -0.39 is 0 Å². The standard InChI is InChI=1S/C18H21N3O/c22-17(21-16-10-4-7-13-19-16)20-14-18(11-5-6-12-18)15-8-2-1-3-9-15/h1-4,7-10,13H,5-6,11-12,14H2,(H2,19,20,21,22). The molecule has 1 aliphatic rings. The highest BCUT2D eigenvalue weighted by Gasteiger charge is 2.35. The van der Waals surface area contributed by atoms with Crippen molar-refractivity contribution in [2.75, 3.05) is 11.9 Å². The number of anilines is 1. The minimum absolute atomic E-state index is 0.0721. The highest BCUT2D eigenvalue weighted by atomic mass is 16.2. The van der Waals surface area contributed by atoms with Crippen molar-refractivity contribution in [3.05, 3.63) is 60.3 Å². The van der Waals surface area contributed by atoms with E-state index in [0.29, 0.717) is 12.4 Å². The largest absolute Gasteiger partial charge is 0.337 e. The Bertz CT molecular complexity index is 607. The quantitative estimate of drug-likeness (QED) is 0.903. The predicted molar refractivity (Wildman–Crippen MR) is 87.8 cm³/mol.